The van der Waals surface area contributed by atoms with Gasteiger partial charge in [0.1, 0.15) is 17.3 Å². The number of rotatable bonds is 7. The van der Waals surface area contributed by atoms with E-state index in [1.54, 1.807) is 43.4 Å². The molecule has 0 radical (unpaired) electrons. The molecule has 2 amide bonds. The molecule has 4 rings (SSSR count). The predicted molar refractivity (Wildman–Crippen MR) is 114 cm³/mol. The maximum atomic E-state index is 12.7. The van der Waals surface area contributed by atoms with Gasteiger partial charge in [-0.3, -0.25) is 20.0 Å². The summed E-state index contributed by atoms with van der Waals surface area (Å²) in [5.41, 5.74) is 1.77. The maximum absolute atomic E-state index is 12.7. The molecule has 160 valence electrons. The van der Waals surface area contributed by atoms with E-state index in [2.05, 4.69) is 20.5 Å². The van der Waals surface area contributed by atoms with Crippen LogP contribution in [0.5, 0.6) is 11.5 Å². The minimum absolute atomic E-state index is 0.0968. The molecule has 2 heterocycles. The first-order valence-electron chi connectivity index (χ1n) is 9.85. The monoisotopic (exact) mass is 421 g/mol. The normalized spacial score (nSPS) is 15.7. The van der Waals surface area contributed by atoms with Crippen LogP contribution in [0.25, 0.3) is 0 Å². The molecule has 2 aromatic carbocycles. The zero-order chi connectivity index (χ0) is 21.8. The van der Waals surface area contributed by atoms with Crippen molar-refractivity contribution in [3.05, 3.63) is 59.9 Å². The average Bonchev–Trinajstić information content (AvgIpc) is 3.40. The number of H-pyrrole nitrogens is 1. The fraction of sp³-hybridized carbons (Fsp3) is 0.273. The summed E-state index contributed by atoms with van der Waals surface area (Å²) in [6.07, 6.45) is 0.682. The minimum atomic E-state index is -0.474. The molecular formula is C22H23N5O4. The van der Waals surface area contributed by atoms with E-state index in [-0.39, 0.29) is 24.2 Å². The number of benzene rings is 2. The number of nitrogens with one attached hydrogen (secondary N) is 2. The predicted octanol–water partition coefficient (Wildman–Crippen LogP) is 2.40. The Kier molecular flexibility index (Phi) is 5.83. The lowest BCUT2D eigenvalue weighted by Gasteiger charge is -2.16. The Morgan fingerprint density at radius 3 is 2.39 bits per heavy atom. The summed E-state index contributed by atoms with van der Waals surface area (Å²) in [7, 11) is 3.20. The van der Waals surface area contributed by atoms with Crippen molar-refractivity contribution < 1.29 is 19.1 Å². The van der Waals surface area contributed by atoms with Crippen LogP contribution in [-0.4, -0.2) is 47.8 Å². The summed E-state index contributed by atoms with van der Waals surface area (Å²) in [4.78, 5) is 31.0. The first kappa shape index (κ1) is 20.4. The summed E-state index contributed by atoms with van der Waals surface area (Å²) in [6, 6.07) is 14.8. The van der Waals surface area contributed by atoms with Gasteiger partial charge in [0.2, 0.25) is 17.8 Å². The molecule has 1 unspecified atom stereocenters. The van der Waals surface area contributed by atoms with Gasteiger partial charge < -0.3 is 14.4 Å². The van der Waals surface area contributed by atoms with Gasteiger partial charge in [-0.25, -0.2) is 0 Å². The van der Waals surface area contributed by atoms with Crippen molar-refractivity contribution in [2.45, 2.75) is 12.8 Å². The standard InChI is InChI=1S/C22H23N5O4/c1-30-17-7-3-14(4-8-17)11-19-23-22(26-25-19)24-21(29)15-12-20(28)27(13-15)16-5-9-18(31-2)10-6-16/h3-10,15H,11-13H2,1-2H3,(H2,23,24,25,26,29). The number of aromatic nitrogens is 3. The van der Waals surface area contributed by atoms with Crippen LogP contribution in [0.15, 0.2) is 48.5 Å². The summed E-state index contributed by atoms with van der Waals surface area (Å²) in [5.74, 6) is 1.47. The van der Waals surface area contributed by atoms with Crippen LogP contribution < -0.4 is 19.7 Å². The van der Waals surface area contributed by atoms with E-state index in [1.807, 2.05) is 24.3 Å². The molecule has 3 aromatic rings. The number of methoxy groups -OCH3 is 2. The lowest BCUT2D eigenvalue weighted by Crippen LogP contribution is -2.28. The third-order valence-corrected chi connectivity index (χ3v) is 5.18. The molecule has 31 heavy (non-hydrogen) atoms. The summed E-state index contributed by atoms with van der Waals surface area (Å²) >= 11 is 0. The van der Waals surface area contributed by atoms with Gasteiger partial charge in [0.25, 0.3) is 0 Å². The molecular weight excluding hydrogens is 398 g/mol. The molecule has 1 saturated heterocycles. The van der Waals surface area contributed by atoms with Crippen LogP contribution in [0.3, 0.4) is 0 Å². The maximum Gasteiger partial charge on any atom is 0.248 e. The van der Waals surface area contributed by atoms with Gasteiger partial charge in [0, 0.05) is 25.1 Å². The fourth-order valence-corrected chi connectivity index (χ4v) is 3.47. The molecule has 9 heteroatoms. The van der Waals surface area contributed by atoms with Gasteiger partial charge in [0.15, 0.2) is 0 Å². The molecule has 1 fully saturated rings. The van der Waals surface area contributed by atoms with Gasteiger partial charge in [-0.1, -0.05) is 12.1 Å². The highest BCUT2D eigenvalue weighted by Gasteiger charge is 2.35. The summed E-state index contributed by atoms with van der Waals surface area (Å²) < 4.78 is 10.3. The second-order valence-corrected chi connectivity index (χ2v) is 7.22. The highest BCUT2D eigenvalue weighted by atomic mass is 16.5. The van der Waals surface area contributed by atoms with Gasteiger partial charge in [0.05, 0.1) is 20.1 Å². The molecule has 9 nitrogen and oxygen atoms in total. The van der Waals surface area contributed by atoms with E-state index in [4.69, 9.17) is 9.47 Å². The Labute approximate surface area is 179 Å². The quantitative estimate of drug-likeness (QED) is 0.606. The van der Waals surface area contributed by atoms with Crippen molar-refractivity contribution in [1.29, 1.82) is 0 Å². The fourth-order valence-electron chi connectivity index (χ4n) is 3.47. The highest BCUT2D eigenvalue weighted by molar-refractivity contribution is 6.03. The number of ether oxygens (including phenoxy) is 2. The number of carbonyl (C=O) groups is 2. The molecule has 2 N–H and O–H groups in total. The van der Waals surface area contributed by atoms with Crippen LogP contribution >= 0.6 is 0 Å². The first-order valence-corrected chi connectivity index (χ1v) is 9.85. The zero-order valence-corrected chi connectivity index (χ0v) is 17.3. The molecule has 0 saturated carbocycles. The Hall–Kier alpha value is -3.88. The second kappa shape index (κ2) is 8.86. The van der Waals surface area contributed by atoms with Crippen LogP contribution in [0, 0.1) is 5.92 Å². The second-order valence-electron chi connectivity index (χ2n) is 7.22. The smallest absolute Gasteiger partial charge is 0.248 e. The Morgan fingerprint density at radius 1 is 1.10 bits per heavy atom. The molecule has 0 bridgehead atoms. The van der Waals surface area contributed by atoms with Crippen molar-refractivity contribution in [3.8, 4) is 11.5 Å². The number of anilines is 2. The summed E-state index contributed by atoms with van der Waals surface area (Å²) in [5, 5.41) is 9.61. The van der Waals surface area contributed by atoms with Crippen LogP contribution in [-0.2, 0) is 16.0 Å². The Bertz CT molecular complexity index is 1060. The molecule has 0 spiro atoms. The first-order chi connectivity index (χ1) is 15.1. The average molecular weight is 421 g/mol. The van der Waals surface area contributed by atoms with Crippen molar-refractivity contribution in [1.82, 2.24) is 15.2 Å². The number of hydrogen-bond donors (Lipinski definition) is 2. The third-order valence-electron chi connectivity index (χ3n) is 5.18. The van der Waals surface area contributed by atoms with Crippen LogP contribution in [0.1, 0.15) is 17.8 Å². The largest absolute Gasteiger partial charge is 0.497 e. The van der Waals surface area contributed by atoms with Gasteiger partial charge in [-0.2, -0.15) is 4.98 Å². The molecule has 1 atom stereocenters. The SMILES string of the molecule is COc1ccc(Cc2nc(NC(=O)C3CC(=O)N(c4ccc(OC)cc4)C3)n[nH]2)cc1. The van der Waals surface area contributed by atoms with Crippen molar-refractivity contribution in [2.75, 3.05) is 31.0 Å². The number of amides is 2. The number of hydrogen-bond acceptors (Lipinski definition) is 6. The van der Waals surface area contributed by atoms with E-state index in [9.17, 15) is 9.59 Å². The molecule has 1 aromatic heterocycles. The van der Waals surface area contributed by atoms with Gasteiger partial charge >= 0.3 is 0 Å². The van der Waals surface area contributed by atoms with E-state index in [0.29, 0.717) is 24.5 Å². The topological polar surface area (TPSA) is 109 Å². The van der Waals surface area contributed by atoms with E-state index in [1.165, 1.54) is 0 Å². The Morgan fingerprint density at radius 2 is 1.74 bits per heavy atom. The zero-order valence-electron chi connectivity index (χ0n) is 17.3. The number of nitrogens with zero attached hydrogens (tertiary/aromatic N) is 3. The van der Waals surface area contributed by atoms with E-state index >= 15 is 0 Å². The van der Waals surface area contributed by atoms with E-state index in [0.717, 1.165) is 17.0 Å². The number of aromatic amines is 1. The lowest BCUT2D eigenvalue weighted by atomic mass is 10.1. The third kappa shape index (κ3) is 4.66. The molecule has 1 aliphatic heterocycles. The van der Waals surface area contributed by atoms with Crippen molar-refractivity contribution in [2.24, 2.45) is 5.92 Å². The molecule has 0 aliphatic carbocycles. The lowest BCUT2D eigenvalue weighted by molar-refractivity contribution is -0.122. The highest BCUT2D eigenvalue weighted by Crippen LogP contribution is 2.27. The van der Waals surface area contributed by atoms with Crippen molar-refractivity contribution >= 4 is 23.5 Å². The minimum Gasteiger partial charge on any atom is -0.497 e. The van der Waals surface area contributed by atoms with Gasteiger partial charge in [-0.15, -0.1) is 5.10 Å². The van der Waals surface area contributed by atoms with E-state index < -0.39 is 5.92 Å². The van der Waals surface area contributed by atoms with Crippen LogP contribution in [0.2, 0.25) is 0 Å². The van der Waals surface area contributed by atoms with Gasteiger partial charge in [-0.05, 0) is 42.0 Å². The van der Waals surface area contributed by atoms with Crippen LogP contribution in [0.4, 0.5) is 11.6 Å². The van der Waals surface area contributed by atoms with Crippen molar-refractivity contribution in [3.63, 3.8) is 0 Å². The summed E-state index contributed by atoms with van der Waals surface area (Å²) in [6.45, 7) is 0.306. The number of carbonyl (C=O) groups excluding carboxylic acids is 2. The Balaban J connectivity index is 1.35. The molecule has 1 aliphatic rings.